The smallest absolute Gasteiger partial charge is 0.254 e. The Hall–Kier alpha value is -4.32. The van der Waals surface area contributed by atoms with Crippen LogP contribution in [0.4, 0.5) is 5.82 Å². The second kappa shape index (κ2) is 15.2. The van der Waals surface area contributed by atoms with E-state index in [1.165, 1.54) is 6.92 Å². The SMILES string of the molecule is COc1cc(C(=O)N(C(C)C)C(C)C)ccc1OCCCCOc1ccc2c(NC(=O)[C@H](C)NC(=O)[C@H](C)N)noc2c1. The second-order valence-corrected chi connectivity index (χ2v) is 10.9. The normalized spacial score (nSPS) is 12.6. The number of benzene rings is 2. The second-order valence-electron chi connectivity index (χ2n) is 10.9. The maximum atomic E-state index is 13.0. The highest BCUT2D eigenvalue weighted by Gasteiger charge is 2.23. The van der Waals surface area contributed by atoms with Crippen molar-refractivity contribution < 1.29 is 33.1 Å². The summed E-state index contributed by atoms with van der Waals surface area (Å²) in [5.74, 6) is 1.00. The monoisotopic (exact) mass is 597 g/mol. The van der Waals surface area contributed by atoms with Crippen molar-refractivity contribution in [3.05, 3.63) is 42.0 Å². The van der Waals surface area contributed by atoms with Gasteiger partial charge in [-0.25, -0.2) is 0 Å². The number of nitrogens with zero attached hydrogens (tertiary/aromatic N) is 2. The van der Waals surface area contributed by atoms with Crippen LogP contribution >= 0.6 is 0 Å². The molecule has 2 atom stereocenters. The van der Waals surface area contributed by atoms with Gasteiger partial charge in [0.25, 0.3) is 5.91 Å². The summed E-state index contributed by atoms with van der Waals surface area (Å²) in [4.78, 5) is 39.0. The van der Waals surface area contributed by atoms with E-state index in [2.05, 4.69) is 15.8 Å². The molecule has 0 fully saturated rings. The molecule has 12 heteroatoms. The third-order valence-electron chi connectivity index (χ3n) is 6.67. The molecule has 0 radical (unpaired) electrons. The first-order valence-corrected chi connectivity index (χ1v) is 14.5. The number of carbonyl (C=O) groups is 3. The van der Waals surface area contributed by atoms with Crippen LogP contribution < -0.4 is 30.6 Å². The molecule has 1 aromatic heterocycles. The van der Waals surface area contributed by atoms with Crippen LogP contribution in [0.5, 0.6) is 17.2 Å². The summed E-state index contributed by atoms with van der Waals surface area (Å²) in [6.45, 7) is 12.0. The predicted octanol–water partition coefficient (Wildman–Crippen LogP) is 4.12. The number of methoxy groups -OCH3 is 1. The lowest BCUT2D eigenvalue weighted by Crippen LogP contribution is -2.47. The van der Waals surface area contributed by atoms with Gasteiger partial charge in [-0.1, -0.05) is 5.16 Å². The Morgan fingerprint density at radius 2 is 1.58 bits per heavy atom. The van der Waals surface area contributed by atoms with Gasteiger partial charge in [0.1, 0.15) is 11.8 Å². The molecule has 234 valence electrons. The van der Waals surface area contributed by atoms with Crippen LogP contribution in [0.1, 0.15) is 64.7 Å². The molecule has 3 rings (SSSR count). The number of amides is 3. The van der Waals surface area contributed by atoms with Crippen LogP contribution in [0.25, 0.3) is 11.0 Å². The number of fused-ring (bicyclic) bond motifs is 1. The van der Waals surface area contributed by atoms with Crippen molar-refractivity contribution in [2.24, 2.45) is 5.73 Å². The highest BCUT2D eigenvalue weighted by molar-refractivity contribution is 6.02. The van der Waals surface area contributed by atoms with Gasteiger partial charge < -0.3 is 40.0 Å². The van der Waals surface area contributed by atoms with E-state index >= 15 is 0 Å². The molecule has 43 heavy (non-hydrogen) atoms. The van der Waals surface area contributed by atoms with Gasteiger partial charge in [0.2, 0.25) is 11.8 Å². The minimum Gasteiger partial charge on any atom is -0.493 e. The van der Waals surface area contributed by atoms with Crippen molar-refractivity contribution in [1.82, 2.24) is 15.4 Å². The topological polar surface area (TPSA) is 158 Å². The van der Waals surface area contributed by atoms with Crippen LogP contribution in [-0.4, -0.2) is 72.3 Å². The van der Waals surface area contributed by atoms with E-state index in [1.54, 1.807) is 50.4 Å². The maximum absolute atomic E-state index is 13.0. The van der Waals surface area contributed by atoms with Gasteiger partial charge in [-0.2, -0.15) is 0 Å². The predicted molar refractivity (Wildman–Crippen MR) is 164 cm³/mol. The number of unbranched alkanes of at least 4 members (excludes halogenated alkanes) is 1. The van der Waals surface area contributed by atoms with Gasteiger partial charge >= 0.3 is 0 Å². The number of carbonyl (C=O) groups excluding carboxylic acids is 3. The molecule has 0 aliphatic carbocycles. The van der Waals surface area contributed by atoms with Gasteiger partial charge in [-0.05, 0) is 84.7 Å². The van der Waals surface area contributed by atoms with E-state index in [-0.39, 0.29) is 23.8 Å². The van der Waals surface area contributed by atoms with Crippen molar-refractivity contribution in [3.8, 4) is 17.2 Å². The van der Waals surface area contributed by atoms with Crippen molar-refractivity contribution in [3.63, 3.8) is 0 Å². The number of nitrogens with two attached hydrogens (primary N) is 1. The summed E-state index contributed by atoms with van der Waals surface area (Å²) in [5.41, 5.74) is 6.53. The molecule has 0 bridgehead atoms. The molecule has 3 aromatic rings. The molecule has 0 saturated carbocycles. The first kappa shape index (κ1) is 33.2. The molecular formula is C31H43N5O7. The fourth-order valence-corrected chi connectivity index (χ4v) is 4.44. The van der Waals surface area contributed by atoms with Crippen LogP contribution in [0.15, 0.2) is 40.9 Å². The molecule has 12 nitrogen and oxygen atoms in total. The summed E-state index contributed by atoms with van der Waals surface area (Å²) >= 11 is 0. The Kier molecular flexibility index (Phi) is 11.8. The van der Waals surface area contributed by atoms with Crippen molar-refractivity contribution in [1.29, 1.82) is 0 Å². The Morgan fingerprint density at radius 3 is 2.21 bits per heavy atom. The summed E-state index contributed by atoms with van der Waals surface area (Å²) in [5, 5.41) is 9.72. The van der Waals surface area contributed by atoms with Crippen LogP contribution in [0.3, 0.4) is 0 Å². The van der Waals surface area contributed by atoms with Gasteiger partial charge in [0.05, 0.1) is 31.8 Å². The van der Waals surface area contributed by atoms with Crippen molar-refractivity contribution in [2.45, 2.75) is 78.6 Å². The third-order valence-corrected chi connectivity index (χ3v) is 6.67. The average Bonchev–Trinajstić information content (AvgIpc) is 3.35. The first-order valence-electron chi connectivity index (χ1n) is 14.5. The summed E-state index contributed by atoms with van der Waals surface area (Å²) in [6.07, 6.45) is 1.47. The van der Waals surface area contributed by atoms with E-state index in [0.29, 0.717) is 47.0 Å². The third kappa shape index (κ3) is 8.84. The number of anilines is 1. The quantitative estimate of drug-likeness (QED) is 0.219. The molecule has 0 unspecified atom stereocenters. The largest absolute Gasteiger partial charge is 0.493 e. The number of ether oxygens (including phenoxy) is 3. The molecule has 0 aliphatic rings. The minimum atomic E-state index is -0.799. The van der Waals surface area contributed by atoms with Crippen LogP contribution in [0.2, 0.25) is 0 Å². The van der Waals surface area contributed by atoms with Gasteiger partial charge in [0.15, 0.2) is 22.9 Å². The number of aromatic nitrogens is 1. The highest BCUT2D eigenvalue weighted by Crippen LogP contribution is 2.30. The Labute approximate surface area is 252 Å². The van der Waals surface area contributed by atoms with E-state index in [1.807, 2.05) is 32.6 Å². The van der Waals surface area contributed by atoms with E-state index in [0.717, 1.165) is 12.8 Å². The minimum absolute atomic E-state index is 0.0471. The zero-order valence-electron chi connectivity index (χ0n) is 25.9. The molecular weight excluding hydrogens is 554 g/mol. The summed E-state index contributed by atoms with van der Waals surface area (Å²) < 4.78 is 22.6. The fourth-order valence-electron chi connectivity index (χ4n) is 4.44. The molecule has 0 saturated heterocycles. The lowest BCUT2D eigenvalue weighted by molar-refractivity contribution is -0.126. The first-order chi connectivity index (χ1) is 20.4. The van der Waals surface area contributed by atoms with Crippen molar-refractivity contribution >= 4 is 34.5 Å². The maximum Gasteiger partial charge on any atom is 0.254 e. The van der Waals surface area contributed by atoms with Crippen LogP contribution in [-0.2, 0) is 9.59 Å². The fraction of sp³-hybridized carbons (Fsp3) is 0.484. The Bertz CT molecular complexity index is 1390. The Morgan fingerprint density at radius 1 is 0.907 bits per heavy atom. The molecule has 4 N–H and O–H groups in total. The van der Waals surface area contributed by atoms with E-state index in [9.17, 15) is 14.4 Å². The summed E-state index contributed by atoms with van der Waals surface area (Å²) in [7, 11) is 1.55. The van der Waals surface area contributed by atoms with Gasteiger partial charge in [-0.3, -0.25) is 14.4 Å². The zero-order valence-corrected chi connectivity index (χ0v) is 25.9. The molecule has 2 aromatic carbocycles. The van der Waals surface area contributed by atoms with Gasteiger partial charge in [0, 0.05) is 23.7 Å². The van der Waals surface area contributed by atoms with Crippen molar-refractivity contribution in [2.75, 3.05) is 25.6 Å². The summed E-state index contributed by atoms with van der Waals surface area (Å²) in [6, 6.07) is 9.09. The molecule has 3 amide bonds. The Balaban J connectivity index is 1.47. The molecule has 0 aliphatic heterocycles. The van der Waals surface area contributed by atoms with Crippen LogP contribution in [0, 0.1) is 0 Å². The highest BCUT2D eigenvalue weighted by atomic mass is 16.5. The standard InChI is InChI=1S/C31H43N5O7/c1-18(2)36(19(3)4)31(39)22-10-13-25(27(16-22)40-7)42-15-9-8-14-41-23-11-12-24-26(17-23)43-35-28(24)34-30(38)21(6)33-29(37)20(5)32/h10-13,16-21H,8-9,14-15,32H2,1-7H3,(H,33,37)(H,34,35,38)/t20-,21-/m0/s1. The lowest BCUT2D eigenvalue weighted by atomic mass is 10.1. The van der Waals surface area contributed by atoms with E-state index < -0.39 is 23.9 Å². The van der Waals surface area contributed by atoms with Gasteiger partial charge in [-0.15, -0.1) is 0 Å². The zero-order chi connectivity index (χ0) is 31.7. The lowest BCUT2D eigenvalue weighted by Gasteiger charge is -2.31. The molecule has 1 heterocycles. The number of hydrogen-bond acceptors (Lipinski definition) is 9. The number of hydrogen-bond donors (Lipinski definition) is 3. The average molecular weight is 598 g/mol. The number of rotatable bonds is 15. The molecule has 0 spiro atoms. The number of nitrogens with one attached hydrogen (secondary N) is 2. The van der Waals surface area contributed by atoms with E-state index in [4.69, 9.17) is 24.5 Å².